The number of ether oxygens (including phenoxy) is 1. The highest BCUT2D eigenvalue weighted by Crippen LogP contribution is 2.17. The summed E-state index contributed by atoms with van der Waals surface area (Å²) in [6.07, 6.45) is 13.5. The molecule has 1 saturated carbocycles. The van der Waals surface area contributed by atoms with Gasteiger partial charge in [-0.3, -0.25) is 4.79 Å². The van der Waals surface area contributed by atoms with E-state index in [-0.39, 0.29) is 5.97 Å². The Morgan fingerprint density at radius 3 is 2.44 bits per heavy atom. The van der Waals surface area contributed by atoms with Crippen LogP contribution >= 0.6 is 0 Å². The summed E-state index contributed by atoms with van der Waals surface area (Å²) >= 11 is 0. The van der Waals surface area contributed by atoms with Gasteiger partial charge in [-0.1, -0.05) is 38.5 Å². The molecule has 106 valence electrons. The molecule has 0 aromatic rings. The Balaban J connectivity index is 1.79. The second kappa shape index (κ2) is 10.4. The molecule has 1 fully saturated rings. The van der Waals surface area contributed by atoms with E-state index in [9.17, 15) is 4.79 Å². The average molecular weight is 255 g/mol. The van der Waals surface area contributed by atoms with Crippen LogP contribution in [-0.2, 0) is 9.53 Å². The predicted molar refractivity (Wildman–Crippen MR) is 74.6 cm³/mol. The van der Waals surface area contributed by atoms with E-state index >= 15 is 0 Å². The number of carbonyl (C=O) groups excluding carboxylic acids is 1. The maximum atomic E-state index is 10.9. The third kappa shape index (κ3) is 7.70. The summed E-state index contributed by atoms with van der Waals surface area (Å²) < 4.78 is 4.61. The number of esters is 1. The first-order chi connectivity index (χ1) is 8.83. The third-order valence-electron chi connectivity index (χ3n) is 3.82. The molecule has 0 bridgehead atoms. The molecule has 1 aliphatic carbocycles. The third-order valence-corrected chi connectivity index (χ3v) is 3.82. The second-order valence-electron chi connectivity index (χ2n) is 5.38. The van der Waals surface area contributed by atoms with E-state index in [1.807, 2.05) is 0 Å². The fourth-order valence-electron chi connectivity index (χ4n) is 2.64. The Labute approximate surface area is 112 Å². The lowest BCUT2D eigenvalue weighted by molar-refractivity contribution is -0.140. The van der Waals surface area contributed by atoms with Crippen molar-refractivity contribution in [3.63, 3.8) is 0 Å². The highest BCUT2D eigenvalue weighted by molar-refractivity contribution is 5.68. The molecule has 1 aliphatic rings. The number of hydrogen-bond acceptors (Lipinski definition) is 3. The molecule has 18 heavy (non-hydrogen) atoms. The van der Waals surface area contributed by atoms with Crippen LogP contribution in [0, 0.1) is 0 Å². The van der Waals surface area contributed by atoms with Crippen LogP contribution in [0.3, 0.4) is 0 Å². The van der Waals surface area contributed by atoms with Crippen LogP contribution in [0.4, 0.5) is 0 Å². The topological polar surface area (TPSA) is 38.3 Å². The smallest absolute Gasteiger partial charge is 0.305 e. The molecule has 0 amide bonds. The first kappa shape index (κ1) is 15.5. The fourth-order valence-corrected chi connectivity index (χ4v) is 2.64. The van der Waals surface area contributed by atoms with Gasteiger partial charge in [-0.05, 0) is 32.2 Å². The first-order valence-corrected chi connectivity index (χ1v) is 7.63. The van der Waals surface area contributed by atoms with Gasteiger partial charge in [0.15, 0.2) is 0 Å². The quantitative estimate of drug-likeness (QED) is 0.507. The van der Waals surface area contributed by atoms with Crippen LogP contribution in [-0.4, -0.2) is 25.7 Å². The largest absolute Gasteiger partial charge is 0.469 e. The highest BCUT2D eigenvalue weighted by atomic mass is 16.5. The molecule has 3 nitrogen and oxygen atoms in total. The van der Waals surface area contributed by atoms with Crippen molar-refractivity contribution in [1.29, 1.82) is 0 Å². The molecule has 1 rings (SSSR count). The standard InChI is InChI=1S/C15H29NO2/c1-18-15(17)12-8-3-2-4-9-13-16-14-10-6-5-7-11-14/h14,16H,2-13H2,1H3. The first-order valence-electron chi connectivity index (χ1n) is 7.63. The lowest BCUT2D eigenvalue weighted by Crippen LogP contribution is -2.31. The lowest BCUT2D eigenvalue weighted by atomic mass is 9.95. The van der Waals surface area contributed by atoms with Gasteiger partial charge in [0.25, 0.3) is 0 Å². The summed E-state index contributed by atoms with van der Waals surface area (Å²) in [5.41, 5.74) is 0. The van der Waals surface area contributed by atoms with Crippen LogP contribution in [0.15, 0.2) is 0 Å². The van der Waals surface area contributed by atoms with Crippen molar-refractivity contribution < 1.29 is 9.53 Å². The SMILES string of the molecule is COC(=O)CCCCCCCNC1CCCCC1. The molecule has 0 saturated heterocycles. The molecule has 0 radical (unpaired) electrons. The van der Waals surface area contributed by atoms with Crippen LogP contribution in [0.2, 0.25) is 0 Å². The summed E-state index contributed by atoms with van der Waals surface area (Å²) in [5, 5.41) is 3.67. The molecule has 1 N–H and O–H groups in total. The molecule has 0 atom stereocenters. The summed E-state index contributed by atoms with van der Waals surface area (Å²) in [6.45, 7) is 1.17. The lowest BCUT2D eigenvalue weighted by Gasteiger charge is -2.22. The molecule has 0 aromatic carbocycles. The van der Waals surface area contributed by atoms with Crippen molar-refractivity contribution >= 4 is 5.97 Å². The summed E-state index contributed by atoms with van der Waals surface area (Å²) in [5.74, 6) is -0.0750. The van der Waals surface area contributed by atoms with Gasteiger partial charge in [-0.2, -0.15) is 0 Å². The van der Waals surface area contributed by atoms with E-state index < -0.39 is 0 Å². The van der Waals surface area contributed by atoms with Crippen molar-refractivity contribution in [3.8, 4) is 0 Å². The molecule has 0 heterocycles. The minimum Gasteiger partial charge on any atom is -0.469 e. The van der Waals surface area contributed by atoms with E-state index in [4.69, 9.17) is 0 Å². The van der Waals surface area contributed by atoms with Gasteiger partial charge in [0.1, 0.15) is 0 Å². The number of hydrogen-bond donors (Lipinski definition) is 1. The Morgan fingerprint density at radius 2 is 1.72 bits per heavy atom. The summed E-state index contributed by atoms with van der Waals surface area (Å²) in [7, 11) is 1.46. The summed E-state index contributed by atoms with van der Waals surface area (Å²) in [6, 6.07) is 0.790. The monoisotopic (exact) mass is 255 g/mol. The number of unbranched alkanes of at least 4 members (excludes halogenated alkanes) is 4. The van der Waals surface area contributed by atoms with Gasteiger partial charge < -0.3 is 10.1 Å². The molecular formula is C15H29NO2. The maximum Gasteiger partial charge on any atom is 0.305 e. The molecule has 0 unspecified atom stereocenters. The number of methoxy groups -OCH3 is 1. The zero-order valence-corrected chi connectivity index (χ0v) is 11.9. The van der Waals surface area contributed by atoms with Crippen LogP contribution in [0.1, 0.15) is 70.6 Å². The van der Waals surface area contributed by atoms with Gasteiger partial charge >= 0.3 is 5.97 Å². The van der Waals surface area contributed by atoms with Crippen molar-refractivity contribution in [2.24, 2.45) is 0 Å². The zero-order valence-electron chi connectivity index (χ0n) is 11.9. The average Bonchev–Trinajstić information content (AvgIpc) is 2.42. The number of carbonyl (C=O) groups is 1. The Hall–Kier alpha value is -0.570. The van der Waals surface area contributed by atoms with E-state index in [1.54, 1.807) is 0 Å². The van der Waals surface area contributed by atoms with E-state index in [1.165, 1.54) is 65.0 Å². The van der Waals surface area contributed by atoms with E-state index in [0.717, 1.165) is 18.9 Å². The van der Waals surface area contributed by atoms with Gasteiger partial charge in [0, 0.05) is 12.5 Å². The Bertz CT molecular complexity index is 213. The van der Waals surface area contributed by atoms with Crippen molar-refractivity contribution in [1.82, 2.24) is 5.32 Å². The van der Waals surface area contributed by atoms with Crippen LogP contribution in [0.25, 0.3) is 0 Å². The normalized spacial score (nSPS) is 16.7. The minimum absolute atomic E-state index is 0.0750. The minimum atomic E-state index is -0.0750. The van der Waals surface area contributed by atoms with Crippen molar-refractivity contribution in [3.05, 3.63) is 0 Å². The van der Waals surface area contributed by atoms with Gasteiger partial charge in [-0.15, -0.1) is 0 Å². The number of nitrogens with one attached hydrogen (secondary N) is 1. The molecule has 0 spiro atoms. The van der Waals surface area contributed by atoms with Crippen molar-refractivity contribution in [2.75, 3.05) is 13.7 Å². The maximum absolute atomic E-state index is 10.9. The van der Waals surface area contributed by atoms with E-state index in [0.29, 0.717) is 6.42 Å². The zero-order chi connectivity index (χ0) is 13.1. The van der Waals surface area contributed by atoms with Gasteiger partial charge in [-0.25, -0.2) is 0 Å². The second-order valence-corrected chi connectivity index (χ2v) is 5.38. The number of rotatable bonds is 9. The molecular weight excluding hydrogens is 226 g/mol. The van der Waals surface area contributed by atoms with Crippen LogP contribution < -0.4 is 5.32 Å². The van der Waals surface area contributed by atoms with Crippen molar-refractivity contribution in [2.45, 2.75) is 76.7 Å². The fraction of sp³-hybridized carbons (Fsp3) is 0.933. The highest BCUT2D eigenvalue weighted by Gasteiger charge is 2.11. The molecule has 0 aliphatic heterocycles. The van der Waals surface area contributed by atoms with E-state index in [2.05, 4.69) is 10.1 Å². The predicted octanol–water partition coefficient (Wildman–Crippen LogP) is 3.42. The van der Waals surface area contributed by atoms with Gasteiger partial charge in [0.05, 0.1) is 7.11 Å². The van der Waals surface area contributed by atoms with Crippen LogP contribution in [0.5, 0.6) is 0 Å². The summed E-state index contributed by atoms with van der Waals surface area (Å²) in [4.78, 5) is 10.9. The Morgan fingerprint density at radius 1 is 1.06 bits per heavy atom. The molecule has 0 aromatic heterocycles. The van der Waals surface area contributed by atoms with Gasteiger partial charge in [0.2, 0.25) is 0 Å². The Kier molecular flexibility index (Phi) is 8.92. The molecule has 3 heteroatoms.